The molecule has 2 N–H and O–H groups in total. The minimum atomic E-state index is -0.795. The number of phenols is 1. The second kappa shape index (κ2) is 4.96. The average Bonchev–Trinajstić information content (AvgIpc) is 2.66. The van der Waals surface area contributed by atoms with Crippen LogP contribution < -0.4 is 0 Å². The minimum absolute atomic E-state index is 0.0513. The number of nitrogens with zero attached hydrogens (tertiary/aromatic N) is 1. The fourth-order valence-corrected chi connectivity index (χ4v) is 2.46. The molecule has 0 aliphatic carbocycles. The van der Waals surface area contributed by atoms with Crippen molar-refractivity contribution in [3.63, 3.8) is 0 Å². The Balaban J connectivity index is 2.59. The summed E-state index contributed by atoms with van der Waals surface area (Å²) in [6, 6.07) is 5.49. The van der Waals surface area contributed by atoms with Gasteiger partial charge < -0.3 is 14.8 Å². The van der Waals surface area contributed by atoms with Gasteiger partial charge >= 0.3 is 5.97 Å². The van der Waals surface area contributed by atoms with Crippen molar-refractivity contribution in [3.05, 3.63) is 30.0 Å². The molecular formula is C15H19NO3. The molecule has 1 atom stereocenters. The number of aromatic nitrogens is 1. The predicted molar refractivity (Wildman–Crippen MR) is 74.7 cm³/mol. The highest BCUT2D eigenvalue weighted by molar-refractivity contribution is 5.86. The summed E-state index contributed by atoms with van der Waals surface area (Å²) < 4.78 is 2.07. The van der Waals surface area contributed by atoms with E-state index in [2.05, 4.69) is 18.4 Å². The highest BCUT2D eigenvalue weighted by Gasteiger charge is 2.18. The Hall–Kier alpha value is -1.97. The van der Waals surface area contributed by atoms with Crippen LogP contribution in [0.25, 0.3) is 10.9 Å². The molecule has 2 rings (SSSR count). The van der Waals surface area contributed by atoms with Gasteiger partial charge in [0.25, 0.3) is 0 Å². The molecular weight excluding hydrogens is 242 g/mol. The molecule has 19 heavy (non-hydrogen) atoms. The maximum atomic E-state index is 10.9. The summed E-state index contributed by atoms with van der Waals surface area (Å²) in [7, 11) is 0. The predicted octanol–water partition coefficient (Wildman–Crippen LogP) is 3.51. The van der Waals surface area contributed by atoms with Crippen molar-refractivity contribution in [1.29, 1.82) is 0 Å². The van der Waals surface area contributed by atoms with Crippen LogP contribution in [-0.2, 0) is 4.79 Å². The topological polar surface area (TPSA) is 62.5 Å². The van der Waals surface area contributed by atoms with E-state index < -0.39 is 5.97 Å². The molecule has 0 aliphatic heterocycles. The van der Waals surface area contributed by atoms with Crippen LogP contribution >= 0.6 is 0 Å². The molecule has 0 radical (unpaired) electrons. The third-order valence-electron chi connectivity index (χ3n) is 3.42. The zero-order valence-corrected chi connectivity index (χ0v) is 11.4. The van der Waals surface area contributed by atoms with Gasteiger partial charge in [0.05, 0.1) is 11.9 Å². The fraction of sp³-hybridized carbons (Fsp3) is 0.400. The first-order valence-electron chi connectivity index (χ1n) is 6.45. The number of phenolic OH excluding ortho intramolecular Hbond substituents is 1. The molecule has 0 bridgehead atoms. The first-order valence-corrected chi connectivity index (χ1v) is 6.45. The van der Waals surface area contributed by atoms with E-state index in [1.54, 1.807) is 12.1 Å². The summed E-state index contributed by atoms with van der Waals surface area (Å²) >= 11 is 0. The van der Waals surface area contributed by atoms with Crippen LogP contribution in [0.5, 0.6) is 5.75 Å². The summed E-state index contributed by atoms with van der Waals surface area (Å²) in [5.41, 5.74) is 1.97. The Morgan fingerprint density at radius 2 is 2.00 bits per heavy atom. The first-order chi connectivity index (χ1) is 8.90. The van der Waals surface area contributed by atoms with E-state index in [1.807, 2.05) is 19.2 Å². The van der Waals surface area contributed by atoms with Crippen molar-refractivity contribution in [3.8, 4) is 5.75 Å². The molecule has 0 spiro atoms. The number of rotatable bonds is 4. The Labute approximate surface area is 112 Å². The van der Waals surface area contributed by atoms with Crippen molar-refractivity contribution in [2.24, 2.45) is 0 Å². The number of carbonyl (C=O) groups is 1. The Kier molecular flexibility index (Phi) is 3.51. The molecule has 0 aliphatic rings. The van der Waals surface area contributed by atoms with Gasteiger partial charge in [-0.2, -0.15) is 0 Å². The van der Waals surface area contributed by atoms with Gasteiger partial charge in [-0.05, 0) is 37.5 Å². The van der Waals surface area contributed by atoms with Crippen LogP contribution in [0.2, 0.25) is 0 Å². The average molecular weight is 261 g/mol. The van der Waals surface area contributed by atoms with E-state index in [4.69, 9.17) is 5.11 Å². The molecule has 1 heterocycles. The molecule has 4 nitrogen and oxygen atoms in total. The van der Waals surface area contributed by atoms with E-state index in [9.17, 15) is 9.90 Å². The van der Waals surface area contributed by atoms with Gasteiger partial charge in [0.15, 0.2) is 0 Å². The largest absolute Gasteiger partial charge is 0.508 e. The summed E-state index contributed by atoms with van der Waals surface area (Å²) in [5, 5.41) is 19.6. The van der Waals surface area contributed by atoms with Gasteiger partial charge in [-0.15, -0.1) is 0 Å². The lowest BCUT2D eigenvalue weighted by Gasteiger charge is -2.09. The Morgan fingerprint density at radius 3 is 2.58 bits per heavy atom. The number of benzene rings is 1. The van der Waals surface area contributed by atoms with Gasteiger partial charge in [-0.3, -0.25) is 4.79 Å². The standard InChI is InChI=1S/C15H19NO3/c1-9(2)16-8-13(10(3)6-15(18)19)12-5-4-11(17)7-14(12)16/h4-5,7-10,17H,6H2,1-3H3,(H,18,19). The second-order valence-corrected chi connectivity index (χ2v) is 5.29. The molecule has 1 unspecified atom stereocenters. The maximum absolute atomic E-state index is 10.9. The lowest BCUT2D eigenvalue weighted by Crippen LogP contribution is -2.02. The van der Waals surface area contributed by atoms with Gasteiger partial charge in [0.1, 0.15) is 5.75 Å². The smallest absolute Gasteiger partial charge is 0.303 e. The number of carboxylic acids is 1. The highest BCUT2D eigenvalue weighted by Crippen LogP contribution is 2.33. The molecule has 102 valence electrons. The van der Waals surface area contributed by atoms with Crippen LogP contribution in [0, 0.1) is 0 Å². The number of fused-ring (bicyclic) bond motifs is 1. The number of hydrogen-bond donors (Lipinski definition) is 2. The first kappa shape index (κ1) is 13.5. The summed E-state index contributed by atoms with van der Waals surface area (Å²) in [5.74, 6) is -0.619. The number of aromatic hydroxyl groups is 1. The third kappa shape index (κ3) is 2.57. The van der Waals surface area contributed by atoms with Crippen molar-refractivity contribution in [1.82, 2.24) is 4.57 Å². The van der Waals surface area contributed by atoms with E-state index in [-0.39, 0.29) is 24.1 Å². The summed E-state index contributed by atoms with van der Waals surface area (Å²) in [6.45, 7) is 6.05. The highest BCUT2D eigenvalue weighted by atomic mass is 16.4. The minimum Gasteiger partial charge on any atom is -0.508 e. The van der Waals surface area contributed by atoms with Gasteiger partial charge in [0.2, 0.25) is 0 Å². The van der Waals surface area contributed by atoms with Crippen molar-refractivity contribution >= 4 is 16.9 Å². The number of hydrogen-bond acceptors (Lipinski definition) is 2. The Bertz CT molecular complexity index is 613. The molecule has 0 amide bonds. The second-order valence-electron chi connectivity index (χ2n) is 5.29. The molecule has 2 aromatic rings. The van der Waals surface area contributed by atoms with Crippen LogP contribution in [0.1, 0.15) is 44.7 Å². The quantitative estimate of drug-likeness (QED) is 0.885. The monoisotopic (exact) mass is 261 g/mol. The van der Waals surface area contributed by atoms with Crippen LogP contribution in [0.15, 0.2) is 24.4 Å². The SMILES string of the molecule is CC(CC(=O)O)c1cn(C(C)C)c2cc(O)ccc12. The maximum Gasteiger partial charge on any atom is 0.303 e. The number of aliphatic carboxylic acids is 1. The van der Waals surface area contributed by atoms with Gasteiger partial charge in [-0.25, -0.2) is 0 Å². The van der Waals surface area contributed by atoms with E-state index >= 15 is 0 Å². The van der Waals surface area contributed by atoms with Crippen molar-refractivity contribution < 1.29 is 15.0 Å². The van der Waals surface area contributed by atoms with E-state index in [0.717, 1.165) is 16.5 Å². The summed E-state index contributed by atoms with van der Waals surface area (Å²) in [6.07, 6.45) is 2.11. The number of carboxylic acid groups (broad SMARTS) is 1. The third-order valence-corrected chi connectivity index (χ3v) is 3.42. The van der Waals surface area contributed by atoms with E-state index in [1.165, 1.54) is 0 Å². The Morgan fingerprint density at radius 1 is 1.32 bits per heavy atom. The van der Waals surface area contributed by atoms with Crippen LogP contribution in [0.4, 0.5) is 0 Å². The molecule has 4 heteroatoms. The van der Waals surface area contributed by atoms with Gasteiger partial charge in [-0.1, -0.05) is 6.92 Å². The molecule has 1 aromatic carbocycles. The lowest BCUT2D eigenvalue weighted by molar-refractivity contribution is -0.137. The van der Waals surface area contributed by atoms with E-state index in [0.29, 0.717) is 0 Å². The van der Waals surface area contributed by atoms with Crippen molar-refractivity contribution in [2.75, 3.05) is 0 Å². The molecule has 0 saturated heterocycles. The van der Waals surface area contributed by atoms with Crippen molar-refractivity contribution in [2.45, 2.75) is 39.2 Å². The van der Waals surface area contributed by atoms with Crippen LogP contribution in [-0.4, -0.2) is 20.7 Å². The zero-order valence-electron chi connectivity index (χ0n) is 11.4. The summed E-state index contributed by atoms with van der Waals surface area (Å²) in [4.78, 5) is 10.9. The lowest BCUT2D eigenvalue weighted by atomic mass is 9.97. The molecule has 0 saturated carbocycles. The molecule has 1 aromatic heterocycles. The molecule has 0 fully saturated rings. The van der Waals surface area contributed by atoms with Gasteiger partial charge in [0, 0.05) is 23.7 Å². The normalized spacial score (nSPS) is 13.1. The fourth-order valence-electron chi connectivity index (χ4n) is 2.46. The van der Waals surface area contributed by atoms with Crippen LogP contribution in [0.3, 0.4) is 0 Å². The zero-order chi connectivity index (χ0) is 14.2.